The van der Waals surface area contributed by atoms with Crippen LogP contribution in [0, 0.1) is 5.92 Å². The Morgan fingerprint density at radius 1 is 1.57 bits per heavy atom. The van der Waals surface area contributed by atoms with Crippen LogP contribution in [-0.4, -0.2) is 33.5 Å². The number of alkyl halides is 1. The average molecular weight is 238 g/mol. The van der Waals surface area contributed by atoms with Crippen LogP contribution in [0.3, 0.4) is 0 Å². The Labute approximate surface area is 92.0 Å². The highest BCUT2D eigenvalue weighted by molar-refractivity contribution is 7.85. The molecule has 1 atom stereocenters. The molecule has 1 N–H and O–H groups in total. The SMILES string of the molecule is CC(CCl)C(=O)NC1CCS(=O)CC1. The second-order valence-electron chi connectivity index (χ2n) is 3.69. The lowest BCUT2D eigenvalue weighted by atomic mass is 10.1. The minimum absolute atomic E-state index is 0.0117. The van der Waals surface area contributed by atoms with Gasteiger partial charge in [0, 0.05) is 40.1 Å². The first-order chi connectivity index (χ1) is 6.63. The van der Waals surface area contributed by atoms with Crippen LogP contribution < -0.4 is 5.32 Å². The summed E-state index contributed by atoms with van der Waals surface area (Å²) in [5, 5.41) is 2.93. The minimum atomic E-state index is -0.666. The molecule has 1 aliphatic heterocycles. The number of carbonyl (C=O) groups is 1. The molecule has 0 radical (unpaired) electrons. The Morgan fingerprint density at radius 2 is 2.14 bits per heavy atom. The van der Waals surface area contributed by atoms with Crippen LogP contribution in [0.25, 0.3) is 0 Å². The minimum Gasteiger partial charge on any atom is -0.353 e. The summed E-state index contributed by atoms with van der Waals surface area (Å²) in [6, 6.07) is 0.200. The lowest BCUT2D eigenvalue weighted by Crippen LogP contribution is -2.42. The normalized spacial score (nSPS) is 29.6. The number of hydrogen-bond acceptors (Lipinski definition) is 2. The van der Waals surface area contributed by atoms with Crippen molar-refractivity contribution in [1.29, 1.82) is 0 Å². The molecule has 0 aromatic rings. The molecule has 0 bridgehead atoms. The molecule has 5 heteroatoms. The van der Waals surface area contributed by atoms with Crippen LogP contribution in [0.5, 0.6) is 0 Å². The van der Waals surface area contributed by atoms with Gasteiger partial charge in [0.05, 0.1) is 0 Å². The molecule has 1 rings (SSSR count). The number of rotatable bonds is 3. The molecule has 1 saturated heterocycles. The summed E-state index contributed by atoms with van der Waals surface area (Å²) in [5.74, 6) is 1.65. The van der Waals surface area contributed by atoms with Crippen molar-refractivity contribution in [2.24, 2.45) is 5.92 Å². The first kappa shape index (κ1) is 12.0. The second-order valence-corrected chi connectivity index (χ2v) is 5.69. The lowest BCUT2D eigenvalue weighted by Gasteiger charge is -2.23. The van der Waals surface area contributed by atoms with Crippen molar-refractivity contribution in [3.05, 3.63) is 0 Å². The van der Waals surface area contributed by atoms with E-state index in [1.54, 1.807) is 0 Å². The first-order valence-electron chi connectivity index (χ1n) is 4.84. The molecule has 1 aliphatic rings. The molecule has 14 heavy (non-hydrogen) atoms. The number of amides is 1. The molecule has 0 aliphatic carbocycles. The summed E-state index contributed by atoms with van der Waals surface area (Å²) in [5.41, 5.74) is 0. The number of halogens is 1. The Hall–Kier alpha value is -0.0900. The molecule has 0 aromatic heterocycles. The molecular weight excluding hydrogens is 222 g/mol. The zero-order chi connectivity index (χ0) is 10.6. The van der Waals surface area contributed by atoms with Gasteiger partial charge in [0.2, 0.25) is 5.91 Å². The van der Waals surface area contributed by atoms with Gasteiger partial charge >= 0.3 is 0 Å². The largest absolute Gasteiger partial charge is 0.353 e. The van der Waals surface area contributed by atoms with Gasteiger partial charge in [-0.2, -0.15) is 0 Å². The van der Waals surface area contributed by atoms with Crippen LogP contribution in [0.4, 0.5) is 0 Å². The second kappa shape index (κ2) is 5.71. The van der Waals surface area contributed by atoms with Crippen LogP contribution in [0.15, 0.2) is 0 Å². The van der Waals surface area contributed by atoms with Crippen molar-refractivity contribution in [2.45, 2.75) is 25.8 Å². The smallest absolute Gasteiger partial charge is 0.224 e. The van der Waals surface area contributed by atoms with Gasteiger partial charge in [0.1, 0.15) is 0 Å². The van der Waals surface area contributed by atoms with E-state index < -0.39 is 10.8 Å². The first-order valence-corrected chi connectivity index (χ1v) is 6.87. The van der Waals surface area contributed by atoms with Gasteiger partial charge in [-0.05, 0) is 12.8 Å². The van der Waals surface area contributed by atoms with Gasteiger partial charge in [-0.15, -0.1) is 11.6 Å². The summed E-state index contributed by atoms with van der Waals surface area (Å²) in [7, 11) is -0.666. The van der Waals surface area contributed by atoms with Crippen LogP contribution in [0.2, 0.25) is 0 Å². The van der Waals surface area contributed by atoms with Gasteiger partial charge in [0.25, 0.3) is 0 Å². The van der Waals surface area contributed by atoms with Gasteiger partial charge in [-0.1, -0.05) is 6.92 Å². The van der Waals surface area contributed by atoms with Crippen LogP contribution in [0.1, 0.15) is 19.8 Å². The van der Waals surface area contributed by atoms with Crippen molar-refractivity contribution in [2.75, 3.05) is 17.4 Å². The van der Waals surface area contributed by atoms with E-state index in [2.05, 4.69) is 5.32 Å². The van der Waals surface area contributed by atoms with Crippen molar-refractivity contribution in [3.63, 3.8) is 0 Å². The van der Waals surface area contributed by atoms with Gasteiger partial charge in [-0.25, -0.2) is 0 Å². The van der Waals surface area contributed by atoms with E-state index in [4.69, 9.17) is 11.6 Å². The zero-order valence-corrected chi connectivity index (χ0v) is 9.87. The van der Waals surface area contributed by atoms with Crippen LogP contribution >= 0.6 is 11.6 Å². The standard InChI is InChI=1S/C9H16ClNO2S/c1-7(6-10)9(12)11-8-2-4-14(13)5-3-8/h7-8H,2-6H2,1H3,(H,11,12). The maximum atomic E-state index is 11.5. The molecule has 0 saturated carbocycles. The molecule has 1 unspecified atom stereocenters. The number of hydrogen-bond donors (Lipinski definition) is 1. The molecule has 1 amide bonds. The number of nitrogens with one attached hydrogen (secondary N) is 1. The molecule has 0 spiro atoms. The van der Waals surface area contributed by atoms with Crippen LogP contribution in [-0.2, 0) is 15.6 Å². The third-order valence-corrected chi connectivity index (χ3v) is 4.26. The third kappa shape index (κ3) is 3.58. The highest BCUT2D eigenvalue weighted by Crippen LogP contribution is 2.10. The fourth-order valence-corrected chi connectivity index (χ4v) is 2.79. The fraction of sp³-hybridized carbons (Fsp3) is 0.889. The maximum Gasteiger partial charge on any atom is 0.224 e. The monoisotopic (exact) mass is 237 g/mol. The Kier molecular flexibility index (Phi) is 4.89. The topological polar surface area (TPSA) is 46.2 Å². The van der Waals surface area contributed by atoms with E-state index in [-0.39, 0.29) is 17.9 Å². The van der Waals surface area contributed by atoms with Crippen molar-refractivity contribution in [3.8, 4) is 0 Å². The van der Waals surface area contributed by atoms with Crippen molar-refractivity contribution >= 4 is 28.3 Å². The Balaban J connectivity index is 2.30. The molecule has 1 heterocycles. The average Bonchev–Trinajstić information content (AvgIpc) is 2.20. The summed E-state index contributed by atoms with van der Waals surface area (Å²) in [6.45, 7) is 1.81. The molecule has 0 aromatic carbocycles. The molecular formula is C9H16ClNO2S. The quantitative estimate of drug-likeness (QED) is 0.741. The highest BCUT2D eigenvalue weighted by atomic mass is 35.5. The predicted molar refractivity (Wildman–Crippen MR) is 58.9 cm³/mol. The van der Waals surface area contributed by atoms with Gasteiger partial charge in [-0.3, -0.25) is 9.00 Å². The van der Waals surface area contributed by atoms with Gasteiger partial charge in [0.15, 0.2) is 0 Å². The van der Waals surface area contributed by atoms with Crippen molar-refractivity contribution < 1.29 is 9.00 Å². The van der Waals surface area contributed by atoms with Crippen molar-refractivity contribution in [1.82, 2.24) is 5.32 Å². The lowest BCUT2D eigenvalue weighted by molar-refractivity contribution is -0.124. The van der Waals surface area contributed by atoms with E-state index in [9.17, 15) is 9.00 Å². The zero-order valence-electron chi connectivity index (χ0n) is 8.29. The molecule has 82 valence electrons. The number of carbonyl (C=O) groups excluding carboxylic acids is 1. The summed E-state index contributed by atoms with van der Waals surface area (Å²) in [4.78, 5) is 11.5. The predicted octanol–water partition coefficient (Wildman–Crippen LogP) is 0.889. The van der Waals surface area contributed by atoms with Gasteiger partial charge < -0.3 is 5.32 Å². The van der Waals surface area contributed by atoms with E-state index >= 15 is 0 Å². The summed E-state index contributed by atoms with van der Waals surface area (Å²) in [6.07, 6.45) is 1.65. The van der Waals surface area contributed by atoms with E-state index in [1.807, 2.05) is 6.92 Å². The highest BCUT2D eigenvalue weighted by Gasteiger charge is 2.21. The Morgan fingerprint density at radius 3 is 2.64 bits per heavy atom. The Bertz CT molecular complexity index is 225. The van der Waals surface area contributed by atoms with E-state index in [0.717, 1.165) is 12.8 Å². The summed E-state index contributed by atoms with van der Waals surface area (Å²) >= 11 is 5.58. The third-order valence-electron chi connectivity index (χ3n) is 2.41. The van der Waals surface area contributed by atoms with E-state index in [0.29, 0.717) is 17.4 Å². The van der Waals surface area contributed by atoms with E-state index in [1.165, 1.54) is 0 Å². The molecule has 3 nitrogen and oxygen atoms in total. The molecule has 1 fully saturated rings. The maximum absolute atomic E-state index is 11.5. The summed E-state index contributed by atoms with van der Waals surface area (Å²) < 4.78 is 11.1. The fourth-order valence-electron chi connectivity index (χ4n) is 1.35.